The molecule has 0 bridgehead atoms. The number of H-pyrrole nitrogens is 1. The molecule has 0 saturated heterocycles. The van der Waals surface area contributed by atoms with Gasteiger partial charge >= 0.3 is 0 Å². The summed E-state index contributed by atoms with van der Waals surface area (Å²) in [6, 6.07) is 9.08. The van der Waals surface area contributed by atoms with E-state index in [0.717, 1.165) is 11.8 Å². The fraction of sp³-hybridized carbons (Fsp3) is 0.400. The van der Waals surface area contributed by atoms with Crippen molar-refractivity contribution in [2.75, 3.05) is 36.3 Å². The van der Waals surface area contributed by atoms with Crippen LogP contribution in [0.3, 0.4) is 0 Å². The minimum absolute atomic E-state index is 0.0701. The normalized spacial score (nSPS) is 12.6. The van der Waals surface area contributed by atoms with Gasteiger partial charge in [0.05, 0.1) is 11.7 Å². The van der Waals surface area contributed by atoms with Crippen LogP contribution in [0.5, 0.6) is 0 Å². The van der Waals surface area contributed by atoms with Gasteiger partial charge in [-0.1, -0.05) is 30.3 Å². The van der Waals surface area contributed by atoms with Crippen molar-refractivity contribution < 1.29 is 13.2 Å². The van der Waals surface area contributed by atoms with Crippen molar-refractivity contribution in [1.29, 1.82) is 0 Å². The first kappa shape index (κ1) is 17.9. The van der Waals surface area contributed by atoms with Crippen LogP contribution in [0.2, 0.25) is 0 Å². The molecule has 9 heteroatoms. The average molecular weight is 351 g/mol. The molecule has 1 aromatic heterocycles. The van der Waals surface area contributed by atoms with Crippen molar-refractivity contribution >= 4 is 27.6 Å². The number of benzene rings is 1. The van der Waals surface area contributed by atoms with Crippen LogP contribution in [0.4, 0.5) is 11.9 Å². The minimum atomic E-state index is -3.16. The molecule has 8 nitrogen and oxygen atoms in total. The van der Waals surface area contributed by atoms with Crippen LogP contribution in [0.25, 0.3) is 0 Å². The van der Waals surface area contributed by atoms with Crippen LogP contribution >= 0.6 is 0 Å². The van der Waals surface area contributed by atoms with Gasteiger partial charge in [0.1, 0.15) is 9.84 Å². The zero-order valence-electron chi connectivity index (χ0n) is 13.9. The zero-order valence-corrected chi connectivity index (χ0v) is 14.7. The SMILES string of the molecule is CN(C)c1n[nH]c(NC(=O)C(CCS(C)(=O)=O)c2ccccc2)n1. The van der Waals surface area contributed by atoms with E-state index in [2.05, 4.69) is 20.5 Å². The van der Waals surface area contributed by atoms with Gasteiger partial charge in [-0.15, -0.1) is 5.10 Å². The molecular formula is C15H21N5O3S. The third-order valence-electron chi connectivity index (χ3n) is 3.41. The number of hydrogen-bond donors (Lipinski definition) is 2. The van der Waals surface area contributed by atoms with Crippen molar-refractivity contribution in [3.63, 3.8) is 0 Å². The van der Waals surface area contributed by atoms with Gasteiger partial charge in [0.15, 0.2) is 0 Å². The summed E-state index contributed by atoms with van der Waals surface area (Å²) in [4.78, 5) is 18.4. The van der Waals surface area contributed by atoms with Crippen molar-refractivity contribution in [3.05, 3.63) is 35.9 Å². The number of nitrogens with one attached hydrogen (secondary N) is 2. The van der Waals surface area contributed by atoms with E-state index in [4.69, 9.17) is 0 Å². The van der Waals surface area contributed by atoms with Crippen LogP contribution in [-0.4, -0.2) is 55.6 Å². The molecule has 1 heterocycles. The van der Waals surface area contributed by atoms with Crippen molar-refractivity contribution in [2.45, 2.75) is 12.3 Å². The van der Waals surface area contributed by atoms with Crippen molar-refractivity contribution in [3.8, 4) is 0 Å². The molecule has 0 aliphatic heterocycles. The molecule has 0 saturated carbocycles. The van der Waals surface area contributed by atoms with E-state index in [1.807, 2.05) is 18.2 Å². The lowest BCUT2D eigenvalue weighted by Crippen LogP contribution is -2.24. The molecule has 0 spiro atoms. The predicted molar refractivity (Wildman–Crippen MR) is 92.9 cm³/mol. The molecule has 0 aliphatic rings. The zero-order chi connectivity index (χ0) is 17.7. The van der Waals surface area contributed by atoms with Crippen LogP contribution < -0.4 is 10.2 Å². The largest absolute Gasteiger partial charge is 0.346 e. The highest BCUT2D eigenvalue weighted by Gasteiger charge is 2.23. The standard InChI is InChI=1S/C15H21N5O3S/c1-20(2)15-17-14(18-19-15)16-13(21)12(9-10-24(3,22)23)11-7-5-4-6-8-11/h4-8,12H,9-10H2,1-3H3,(H2,16,17,18,19,21). The van der Waals surface area contributed by atoms with Gasteiger partial charge in [-0.25, -0.2) is 13.5 Å². The van der Waals surface area contributed by atoms with E-state index in [0.29, 0.717) is 5.95 Å². The summed E-state index contributed by atoms with van der Waals surface area (Å²) in [5.41, 5.74) is 0.756. The number of carbonyl (C=O) groups excluding carboxylic acids is 1. The van der Waals surface area contributed by atoms with Crippen LogP contribution in [-0.2, 0) is 14.6 Å². The highest BCUT2D eigenvalue weighted by Crippen LogP contribution is 2.22. The molecule has 2 aromatic rings. The van der Waals surface area contributed by atoms with Crippen molar-refractivity contribution in [2.24, 2.45) is 0 Å². The topological polar surface area (TPSA) is 108 Å². The fourth-order valence-electron chi connectivity index (χ4n) is 2.18. The lowest BCUT2D eigenvalue weighted by Gasteiger charge is -2.15. The van der Waals surface area contributed by atoms with E-state index < -0.39 is 15.8 Å². The molecule has 1 amide bonds. The fourth-order valence-corrected chi connectivity index (χ4v) is 2.84. The van der Waals surface area contributed by atoms with Gasteiger partial charge in [0.2, 0.25) is 17.8 Å². The lowest BCUT2D eigenvalue weighted by atomic mass is 9.96. The Bertz CT molecular complexity index is 786. The number of nitrogens with zero attached hydrogens (tertiary/aromatic N) is 3. The smallest absolute Gasteiger partial charge is 0.245 e. The summed E-state index contributed by atoms with van der Waals surface area (Å²) >= 11 is 0. The van der Waals surface area contributed by atoms with E-state index in [9.17, 15) is 13.2 Å². The number of sulfone groups is 1. The summed E-state index contributed by atoms with van der Waals surface area (Å²) in [5.74, 6) is -0.318. The molecule has 0 fully saturated rings. The Kier molecular flexibility index (Phi) is 5.55. The molecule has 2 rings (SSSR count). The Morgan fingerprint density at radius 2 is 1.96 bits per heavy atom. The van der Waals surface area contributed by atoms with E-state index >= 15 is 0 Å². The number of amides is 1. The van der Waals surface area contributed by atoms with E-state index in [1.54, 1.807) is 31.1 Å². The highest BCUT2D eigenvalue weighted by molar-refractivity contribution is 7.90. The summed E-state index contributed by atoms with van der Waals surface area (Å²) in [6.07, 6.45) is 1.36. The maximum absolute atomic E-state index is 12.6. The second-order valence-electron chi connectivity index (χ2n) is 5.75. The number of aromatic nitrogens is 3. The Balaban J connectivity index is 2.17. The molecule has 24 heavy (non-hydrogen) atoms. The Hall–Kier alpha value is -2.42. The summed E-state index contributed by atoms with van der Waals surface area (Å²) in [7, 11) is 0.408. The maximum Gasteiger partial charge on any atom is 0.245 e. The monoisotopic (exact) mass is 351 g/mol. The molecule has 0 radical (unpaired) electrons. The van der Waals surface area contributed by atoms with Crippen LogP contribution in [0.15, 0.2) is 30.3 Å². The second kappa shape index (κ2) is 7.43. The van der Waals surface area contributed by atoms with Gasteiger partial charge in [-0.05, 0) is 12.0 Å². The van der Waals surface area contributed by atoms with Gasteiger partial charge in [-0.2, -0.15) is 4.98 Å². The highest BCUT2D eigenvalue weighted by atomic mass is 32.2. The Morgan fingerprint density at radius 3 is 2.50 bits per heavy atom. The van der Waals surface area contributed by atoms with Gasteiger partial charge in [0, 0.05) is 20.4 Å². The summed E-state index contributed by atoms with van der Waals surface area (Å²) in [5, 5.41) is 9.27. The first-order valence-electron chi connectivity index (χ1n) is 7.39. The number of carbonyl (C=O) groups is 1. The maximum atomic E-state index is 12.6. The third-order valence-corrected chi connectivity index (χ3v) is 4.39. The Labute approximate surface area is 141 Å². The summed E-state index contributed by atoms with van der Waals surface area (Å²) in [6.45, 7) is 0. The lowest BCUT2D eigenvalue weighted by molar-refractivity contribution is -0.117. The molecular weight excluding hydrogens is 330 g/mol. The van der Waals surface area contributed by atoms with E-state index in [1.165, 1.54) is 0 Å². The molecule has 2 N–H and O–H groups in total. The third kappa shape index (κ3) is 5.05. The molecule has 1 aromatic carbocycles. The molecule has 0 aliphatic carbocycles. The van der Waals surface area contributed by atoms with Gasteiger partial charge in [-0.3, -0.25) is 10.1 Å². The van der Waals surface area contributed by atoms with Gasteiger partial charge < -0.3 is 4.90 Å². The van der Waals surface area contributed by atoms with E-state index in [-0.39, 0.29) is 24.0 Å². The average Bonchev–Trinajstić information content (AvgIpc) is 2.96. The Morgan fingerprint density at radius 1 is 1.29 bits per heavy atom. The number of rotatable bonds is 7. The van der Waals surface area contributed by atoms with Crippen molar-refractivity contribution in [1.82, 2.24) is 15.2 Å². The first-order valence-corrected chi connectivity index (χ1v) is 9.45. The minimum Gasteiger partial charge on any atom is -0.346 e. The van der Waals surface area contributed by atoms with Crippen LogP contribution in [0.1, 0.15) is 17.9 Å². The number of hydrogen-bond acceptors (Lipinski definition) is 6. The van der Waals surface area contributed by atoms with Gasteiger partial charge in [0.25, 0.3) is 0 Å². The molecule has 130 valence electrons. The molecule has 1 atom stereocenters. The predicted octanol–water partition coefficient (Wildman–Crippen LogP) is 1.03. The number of anilines is 2. The quantitative estimate of drug-likeness (QED) is 0.771. The summed E-state index contributed by atoms with van der Waals surface area (Å²) < 4.78 is 22.9. The first-order chi connectivity index (χ1) is 11.3. The number of aromatic amines is 1. The second-order valence-corrected chi connectivity index (χ2v) is 8.01. The molecule has 1 unspecified atom stereocenters. The van der Waals surface area contributed by atoms with Crippen LogP contribution in [0, 0.1) is 0 Å².